The summed E-state index contributed by atoms with van der Waals surface area (Å²) in [6, 6.07) is 14.5. The van der Waals surface area contributed by atoms with E-state index < -0.39 is 0 Å². The minimum atomic E-state index is -0.204. The van der Waals surface area contributed by atoms with Gasteiger partial charge in [-0.3, -0.25) is 9.59 Å². The van der Waals surface area contributed by atoms with Crippen molar-refractivity contribution in [2.45, 2.75) is 40.3 Å². The Kier molecular flexibility index (Phi) is 5.86. The number of anilines is 1. The van der Waals surface area contributed by atoms with Crippen LogP contribution in [0.1, 0.15) is 24.5 Å². The standard InChI is InChI=1S/C27H31N5O2/c1-4-11-31-24-8-6-5-7-21(24)22-17-28-32(27(34)26(22)31)18-25(33)30-14-12-29(13-15-30)23-10-9-19(2)16-20(23)3/h5-10,16-17H,4,11-15,18H2,1-3H3. The summed E-state index contributed by atoms with van der Waals surface area (Å²) >= 11 is 0. The van der Waals surface area contributed by atoms with Crippen molar-refractivity contribution in [1.82, 2.24) is 19.2 Å². The van der Waals surface area contributed by atoms with Crippen molar-refractivity contribution >= 4 is 33.4 Å². The van der Waals surface area contributed by atoms with Crippen LogP contribution in [0.5, 0.6) is 0 Å². The molecule has 0 atom stereocenters. The van der Waals surface area contributed by atoms with Crippen LogP contribution in [0.4, 0.5) is 5.69 Å². The Hall–Kier alpha value is -3.61. The molecule has 0 unspecified atom stereocenters. The first-order valence-corrected chi connectivity index (χ1v) is 12.0. The molecule has 5 rings (SSSR count). The van der Waals surface area contributed by atoms with Crippen LogP contribution in [0, 0.1) is 13.8 Å². The first-order chi connectivity index (χ1) is 16.5. The van der Waals surface area contributed by atoms with Crippen LogP contribution in [0.25, 0.3) is 21.8 Å². The van der Waals surface area contributed by atoms with Gasteiger partial charge < -0.3 is 14.4 Å². The Morgan fingerprint density at radius 1 is 1.00 bits per heavy atom. The van der Waals surface area contributed by atoms with Crippen molar-refractivity contribution in [2.75, 3.05) is 31.1 Å². The predicted molar refractivity (Wildman–Crippen MR) is 136 cm³/mol. The van der Waals surface area contributed by atoms with Crippen molar-refractivity contribution in [1.29, 1.82) is 0 Å². The summed E-state index contributed by atoms with van der Waals surface area (Å²) in [5.74, 6) is -0.0626. The topological polar surface area (TPSA) is 63.4 Å². The van der Waals surface area contributed by atoms with Gasteiger partial charge in [0.1, 0.15) is 12.1 Å². The van der Waals surface area contributed by atoms with E-state index in [9.17, 15) is 9.59 Å². The molecule has 1 fully saturated rings. The second-order valence-corrected chi connectivity index (χ2v) is 9.20. The van der Waals surface area contributed by atoms with Gasteiger partial charge in [-0.05, 0) is 38.0 Å². The first kappa shape index (κ1) is 22.2. The number of carbonyl (C=O) groups excluding carboxylic acids is 1. The van der Waals surface area contributed by atoms with E-state index in [1.165, 1.54) is 21.5 Å². The van der Waals surface area contributed by atoms with Crippen LogP contribution in [0.2, 0.25) is 0 Å². The van der Waals surface area contributed by atoms with E-state index in [0.29, 0.717) is 18.6 Å². The highest BCUT2D eigenvalue weighted by molar-refractivity contribution is 6.07. The molecule has 0 saturated carbocycles. The largest absolute Gasteiger partial charge is 0.368 e. The maximum absolute atomic E-state index is 13.4. The molecule has 7 nitrogen and oxygen atoms in total. The summed E-state index contributed by atoms with van der Waals surface area (Å²) in [5.41, 5.74) is 5.19. The van der Waals surface area contributed by atoms with Gasteiger partial charge in [0.05, 0.1) is 6.20 Å². The van der Waals surface area contributed by atoms with Crippen LogP contribution in [0.3, 0.4) is 0 Å². The van der Waals surface area contributed by atoms with Gasteiger partial charge in [-0.25, -0.2) is 4.68 Å². The lowest BCUT2D eigenvalue weighted by Gasteiger charge is -2.37. The van der Waals surface area contributed by atoms with Crippen LogP contribution < -0.4 is 10.5 Å². The highest BCUT2D eigenvalue weighted by Gasteiger charge is 2.24. The third-order valence-electron chi connectivity index (χ3n) is 6.83. The summed E-state index contributed by atoms with van der Waals surface area (Å²) < 4.78 is 3.39. The molecule has 0 radical (unpaired) electrons. The average molecular weight is 458 g/mol. The molecular weight excluding hydrogens is 426 g/mol. The predicted octanol–water partition coefficient (Wildman–Crippen LogP) is 3.73. The zero-order valence-corrected chi connectivity index (χ0v) is 20.1. The molecular formula is C27H31N5O2. The molecule has 1 saturated heterocycles. The van der Waals surface area contributed by atoms with E-state index in [1.54, 1.807) is 6.20 Å². The van der Waals surface area contributed by atoms with Gasteiger partial charge in [0, 0.05) is 54.7 Å². The number of hydrogen-bond acceptors (Lipinski definition) is 4. The van der Waals surface area contributed by atoms with E-state index in [2.05, 4.69) is 53.5 Å². The third kappa shape index (κ3) is 3.85. The second-order valence-electron chi connectivity index (χ2n) is 9.20. The number of amides is 1. The van der Waals surface area contributed by atoms with E-state index in [1.807, 2.05) is 29.2 Å². The maximum Gasteiger partial charge on any atom is 0.291 e. The molecule has 34 heavy (non-hydrogen) atoms. The Bertz CT molecular complexity index is 1430. The summed E-state index contributed by atoms with van der Waals surface area (Å²) in [6.45, 7) is 9.88. The molecule has 0 N–H and O–H groups in total. The molecule has 1 aliphatic heterocycles. The SMILES string of the molecule is CCCn1c2ccccc2c2cnn(CC(=O)N3CCN(c4ccc(C)cc4C)CC3)c(=O)c21. The van der Waals surface area contributed by atoms with Crippen LogP contribution >= 0.6 is 0 Å². The summed E-state index contributed by atoms with van der Waals surface area (Å²) in [4.78, 5) is 30.7. The molecule has 1 amide bonds. The van der Waals surface area contributed by atoms with Gasteiger partial charge in [-0.2, -0.15) is 5.10 Å². The molecule has 0 spiro atoms. The number of benzene rings is 2. The molecule has 2 aromatic carbocycles. The fourth-order valence-corrected chi connectivity index (χ4v) is 5.15. The van der Waals surface area contributed by atoms with E-state index in [0.717, 1.165) is 42.3 Å². The highest BCUT2D eigenvalue weighted by atomic mass is 16.2. The number of aromatic nitrogens is 3. The van der Waals surface area contributed by atoms with Crippen molar-refractivity contribution < 1.29 is 4.79 Å². The normalized spacial score (nSPS) is 14.3. The zero-order chi connectivity index (χ0) is 23.8. The molecule has 0 aliphatic carbocycles. The monoisotopic (exact) mass is 457 g/mol. The van der Waals surface area contributed by atoms with E-state index >= 15 is 0 Å². The van der Waals surface area contributed by atoms with Crippen LogP contribution in [-0.2, 0) is 17.9 Å². The van der Waals surface area contributed by atoms with Crippen LogP contribution in [-0.4, -0.2) is 51.3 Å². The van der Waals surface area contributed by atoms with Gasteiger partial charge >= 0.3 is 0 Å². The lowest BCUT2D eigenvalue weighted by Crippen LogP contribution is -2.50. The minimum absolute atomic E-state index is 0.0357. The second kappa shape index (κ2) is 8.97. The lowest BCUT2D eigenvalue weighted by atomic mass is 10.1. The van der Waals surface area contributed by atoms with Crippen molar-refractivity contribution in [3.05, 3.63) is 70.1 Å². The molecule has 7 heteroatoms. The Morgan fingerprint density at radius 3 is 2.50 bits per heavy atom. The Labute approximate surface area is 199 Å². The summed E-state index contributed by atoms with van der Waals surface area (Å²) in [5, 5.41) is 6.25. The van der Waals surface area contributed by atoms with E-state index in [4.69, 9.17) is 0 Å². The first-order valence-electron chi connectivity index (χ1n) is 12.0. The number of nitrogens with zero attached hydrogens (tertiary/aromatic N) is 5. The zero-order valence-electron chi connectivity index (χ0n) is 20.1. The molecule has 3 heterocycles. The van der Waals surface area contributed by atoms with Gasteiger partial charge in [0.25, 0.3) is 5.56 Å². The number of aryl methyl sites for hydroxylation is 3. The third-order valence-corrected chi connectivity index (χ3v) is 6.83. The lowest BCUT2D eigenvalue weighted by molar-refractivity contribution is -0.132. The van der Waals surface area contributed by atoms with Gasteiger partial charge in [-0.1, -0.05) is 42.8 Å². The number of para-hydroxylation sites is 1. The number of carbonyl (C=O) groups is 1. The molecule has 4 aromatic rings. The number of fused-ring (bicyclic) bond motifs is 3. The number of piperazine rings is 1. The minimum Gasteiger partial charge on any atom is -0.368 e. The van der Waals surface area contributed by atoms with Gasteiger partial charge in [0.15, 0.2) is 0 Å². The number of hydrogen-bond donors (Lipinski definition) is 0. The van der Waals surface area contributed by atoms with Gasteiger partial charge in [0.2, 0.25) is 5.91 Å². The molecule has 0 bridgehead atoms. The van der Waals surface area contributed by atoms with Crippen molar-refractivity contribution in [3.8, 4) is 0 Å². The Morgan fingerprint density at radius 2 is 1.76 bits per heavy atom. The smallest absolute Gasteiger partial charge is 0.291 e. The van der Waals surface area contributed by atoms with Crippen LogP contribution in [0.15, 0.2) is 53.5 Å². The highest BCUT2D eigenvalue weighted by Crippen LogP contribution is 2.26. The van der Waals surface area contributed by atoms with Crippen molar-refractivity contribution in [2.24, 2.45) is 0 Å². The van der Waals surface area contributed by atoms with Gasteiger partial charge in [-0.15, -0.1) is 0 Å². The average Bonchev–Trinajstić information content (AvgIpc) is 3.15. The van der Waals surface area contributed by atoms with E-state index in [-0.39, 0.29) is 18.0 Å². The molecule has 176 valence electrons. The maximum atomic E-state index is 13.4. The molecule has 2 aromatic heterocycles. The summed E-state index contributed by atoms with van der Waals surface area (Å²) in [7, 11) is 0. The quantitative estimate of drug-likeness (QED) is 0.458. The molecule has 1 aliphatic rings. The van der Waals surface area contributed by atoms with Crippen molar-refractivity contribution in [3.63, 3.8) is 0 Å². The summed E-state index contributed by atoms with van der Waals surface area (Å²) in [6.07, 6.45) is 2.65. The number of rotatable bonds is 5. The fourth-order valence-electron chi connectivity index (χ4n) is 5.15. The Balaban J connectivity index is 1.36. The fraction of sp³-hybridized carbons (Fsp3) is 0.370.